The lowest BCUT2D eigenvalue weighted by Gasteiger charge is -2.25. The van der Waals surface area contributed by atoms with Crippen LogP contribution >= 0.6 is 22.9 Å². The van der Waals surface area contributed by atoms with Gasteiger partial charge in [0.15, 0.2) is 16.6 Å². The van der Waals surface area contributed by atoms with Gasteiger partial charge < -0.3 is 15.2 Å². The van der Waals surface area contributed by atoms with E-state index in [4.69, 9.17) is 26.3 Å². The fourth-order valence-corrected chi connectivity index (χ4v) is 4.82. The van der Waals surface area contributed by atoms with E-state index in [1.807, 2.05) is 29.6 Å². The number of phenols is 1. The van der Waals surface area contributed by atoms with Gasteiger partial charge in [0.1, 0.15) is 17.5 Å². The standard InChI is InChI=1S/C25H24ClN5O2S/c26-23-22-25(31(21-9-3-5-15-33-21)24(30-22)19-7-6-16-34-19)29-20(28-23)8-2-1-4-14-27-17-10-12-18(32)13-11-17/h6-7,10-13,16,21,27,32H,1,3-5,9,14-15H2. The van der Waals surface area contributed by atoms with Gasteiger partial charge in [0.2, 0.25) is 5.82 Å². The number of nitrogens with zero attached hydrogens (tertiary/aromatic N) is 4. The zero-order chi connectivity index (χ0) is 23.3. The van der Waals surface area contributed by atoms with Crippen LogP contribution in [0.3, 0.4) is 0 Å². The molecule has 1 atom stereocenters. The maximum Gasteiger partial charge on any atom is 0.208 e. The second-order valence-corrected chi connectivity index (χ2v) is 9.30. The minimum Gasteiger partial charge on any atom is -0.508 e. The van der Waals surface area contributed by atoms with Crippen LogP contribution in [0.15, 0.2) is 41.8 Å². The van der Waals surface area contributed by atoms with Crippen molar-refractivity contribution in [2.24, 2.45) is 0 Å². The van der Waals surface area contributed by atoms with Gasteiger partial charge in [0, 0.05) is 25.3 Å². The number of halogens is 1. The number of aromatic nitrogens is 4. The van der Waals surface area contributed by atoms with Gasteiger partial charge >= 0.3 is 0 Å². The van der Waals surface area contributed by atoms with Gasteiger partial charge in [-0.25, -0.2) is 15.0 Å². The van der Waals surface area contributed by atoms with E-state index in [2.05, 4.69) is 26.7 Å². The van der Waals surface area contributed by atoms with Crippen molar-refractivity contribution < 1.29 is 9.84 Å². The molecule has 3 aromatic heterocycles. The van der Waals surface area contributed by atoms with Gasteiger partial charge in [0.25, 0.3) is 0 Å². The third kappa shape index (κ3) is 5.02. The fraction of sp³-hybridized carbons (Fsp3) is 0.320. The van der Waals surface area contributed by atoms with E-state index in [1.165, 1.54) is 0 Å². The number of ether oxygens (including phenoxy) is 1. The highest BCUT2D eigenvalue weighted by atomic mass is 35.5. The summed E-state index contributed by atoms with van der Waals surface area (Å²) in [5.41, 5.74) is 2.20. The number of hydrogen-bond acceptors (Lipinski definition) is 7. The number of nitrogens with one attached hydrogen (secondary N) is 1. The Balaban J connectivity index is 1.35. The minimum atomic E-state index is -0.131. The third-order valence-corrected chi connectivity index (χ3v) is 6.69. The molecule has 174 valence electrons. The minimum absolute atomic E-state index is 0.131. The van der Waals surface area contributed by atoms with Crippen LogP contribution in [-0.2, 0) is 4.74 Å². The average molecular weight is 494 g/mol. The van der Waals surface area contributed by atoms with Gasteiger partial charge in [-0.2, -0.15) is 0 Å². The van der Waals surface area contributed by atoms with Crippen molar-refractivity contribution in [3.63, 3.8) is 0 Å². The second kappa shape index (κ2) is 10.4. The normalized spacial score (nSPS) is 15.7. The summed E-state index contributed by atoms with van der Waals surface area (Å²) < 4.78 is 8.14. The number of benzene rings is 1. The number of imidazole rings is 1. The molecule has 1 aliphatic rings. The second-order valence-electron chi connectivity index (χ2n) is 7.99. The Morgan fingerprint density at radius 3 is 2.82 bits per heavy atom. The van der Waals surface area contributed by atoms with Crippen LogP contribution in [-0.4, -0.2) is 37.8 Å². The van der Waals surface area contributed by atoms with Crippen molar-refractivity contribution in [1.82, 2.24) is 19.5 Å². The Labute approximate surface area is 206 Å². The molecule has 7 nitrogen and oxygen atoms in total. The predicted molar refractivity (Wildman–Crippen MR) is 135 cm³/mol. The van der Waals surface area contributed by atoms with Gasteiger partial charge in [-0.15, -0.1) is 11.3 Å². The Morgan fingerprint density at radius 1 is 1.18 bits per heavy atom. The largest absolute Gasteiger partial charge is 0.508 e. The highest BCUT2D eigenvalue weighted by Gasteiger charge is 2.26. The van der Waals surface area contributed by atoms with Crippen LogP contribution in [0.2, 0.25) is 5.15 Å². The smallest absolute Gasteiger partial charge is 0.208 e. The highest BCUT2D eigenvalue weighted by molar-refractivity contribution is 7.13. The van der Waals surface area contributed by atoms with Crippen molar-refractivity contribution >= 4 is 39.8 Å². The van der Waals surface area contributed by atoms with E-state index in [0.717, 1.165) is 55.2 Å². The molecule has 34 heavy (non-hydrogen) atoms. The summed E-state index contributed by atoms with van der Waals surface area (Å²) in [6.07, 6.45) is 4.48. The average Bonchev–Trinajstić information content (AvgIpc) is 3.51. The molecule has 1 unspecified atom stereocenters. The number of rotatable bonds is 6. The molecule has 1 aliphatic heterocycles. The molecule has 4 heterocycles. The van der Waals surface area contributed by atoms with E-state index >= 15 is 0 Å². The summed E-state index contributed by atoms with van der Waals surface area (Å²) in [5.74, 6) is 7.66. The molecule has 4 aromatic rings. The van der Waals surface area contributed by atoms with Crippen molar-refractivity contribution in [3.8, 4) is 28.3 Å². The van der Waals surface area contributed by atoms with Gasteiger partial charge in [-0.1, -0.05) is 23.6 Å². The first-order valence-corrected chi connectivity index (χ1v) is 12.6. The maximum atomic E-state index is 9.35. The number of thiophene rings is 1. The van der Waals surface area contributed by atoms with Crippen LogP contribution in [0.5, 0.6) is 5.75 Å². The Morgan fingerprint density at radius 2 is 2.06 bits per heavy atom. The molecule has 0 radical (unpaired) electrons. The molecule has 0 bridgehead atoms. The van der Waals surface area contributed by atoms with Crippen molar-refractivity contribution in [2.45, 2.75) is 38.3 Å². The summed E-state index contributed by atoms with van der Waals surface area (Å²) in [4.78, 5) is 14.9. The number of hydrogen-bond donors (Lipinski definition) is 2. The molecule has 0 amide bonds. The molecule has 0 spiro atoms. The first-order valence-electron chi connectivity index (χ1n) is 11.3. The van der Waals surface area contributed by atoms with Crippen LogP contribution in [0, 0.1) is 11.8 Å². The lowest BCUT2D eigenvalue weighted by atomic mass is 10.2. The first kappa shape index (κ1) is 22.7. The fourth-order valence-electron chi connectivity index (χ4n) is 3.91. The Hall–Kier alpha value is -3.12. The lowest BCUT2D eigenvalue weighted by Crippen LogP contribution is -2.19. The van der Waals surface area contributed by atoms with Crippen molar-refractivity contribution in [3.05, 3.63) is 52.8 Å². The molecule has 0 aliphatic carbocycles. The van der Waals surface area contributed by atoms with E-state index in [1.54, 1.807) is 23.5 Å². The van der Waals surface area contributed by atoms with Crippen molar-refractivity contribution in [1.29, 1.82) is 0 Å². The Bertz CT molecular complexity index is 1320. The summed E-state index contributed by atoms with van der Waals surface area (Å²) in [7, 11) is 0. The number of aromatic hydroxyl groups is 1. The van der Waals surface area contributed by atoms with E-state index in [9.17, 15) is 5.11 Å². The maximum absolute atomic E-state index is 9.35. The highest BCUT2D eigenvalue weighted by Crippen LogP contribution is 2.35. The Kier molecular flexibility index (Phi) is 6.95. The molecule has 5 rings (SSSR count). The van der Waals surface area contributed by atoms with E-state index in [-0.39, 0.29) is 12.0 Å². The molecule has 2 N–H and O–H groups in total. The number of phenolic OH excluding ortho intramolecular Hbond substituents is 1. The summed E-state index contributed by atoms with van der Waals surface area (Å²) >= 11 is 8.15. The number of fused-ring (bicyclic) bond motifs is 1. The zero-order valence-electron chi connectivity index (χ0n) is 18.5. The zero-order valence-corrected chi connectivity index (χ0v) is 20.1. The van der Waals surface area contributed by atoms with E-state index < -0.39 is 0 Å². The van der Waals surface area contributed by atoms with Crippen LogP contribution in [0.4, 0.5) is 5.69 Å². The SMILES string of the molecule is Oc1ccc(NCCCC#Cc2nc(Cl)c3nc(-c4cccs4)n(C4CCCCO4)c3n2)cc1. The molecule has 1 fully saturated rings. The molecular formula is C25H24ClN5O2S. The quantitative estimate of drug-likeness (QED) is 0.151. The molecule has 1 saturated heterocycles. The molecule has 1 aromatic carbocycles. The number of unbranched alkanes of at least 4 members (excludes halogenated alkanes) is 1. The van der Waals surface area contributed by atoms with Gasteiger partial charge in [0.05, 0.1) is 4.88 Å². The van der Waals surface area contributed by atoms with Gasteiger partial charge in [-0.05, 0) is 67.3 Å². The van der Waals surface area contributed by atoms with Crippen LogP contribution < -0.4 is 5.32 Å². The van der Waals surface area contributed by atoms with Crippen LogP contribution in [0.25, 0.3) is 21.9 Å². The molecular weight excluding hydrogens is 470 g/mol. The first-order chi connectivity index (χ1) is 16.7. The van der Waals surface area contributed by atoms with Crippen LogP contribution in [0.1, 0.15) is 44.2 Å². The topological polar surface area (TPSA) is 85.1 Å². The summed E-state index contributed by atoms with van der Waals surface area (Å²) in [6.45, 7) is 1.49. The number of anilines is 1. The summed E-state index contributed by atoms with van der Waals surface area (Å²) in [6, 6.07) is 11.1. The van der Waals surface area contributed by atoms with E-state index in [0.29, 0.717) is 28.6 Å². The lowest BCUT2D eigenvalue weighted by molar-refractivity contribution is -0.0287. The summed E-state index contributed by atoms with van der Waals surface area (Å²) in [5, 5.41) is 15.0. The predicted octanol–water partition coefficient (Wildman–Crippen LogP) is 5.86. The van der Waals surface area contributed by atoms with Crippen molar-refractivity contribution in [2.75, 3.05) is 18.5 Å². The monoisotopic (exact) mass is 493 g/mol. The molecule has 0 saturated carbocycles. The molecule has 9 heteroatoms. The third-order valence-electron chi connectivity index (χ3n) is 5.56. The van der Waals surface area contributed by atoms with Gasteiger partial charge in [-0.3, -0.25) is 4.57 Å².